The van der Waals surface area contributed by atoms with E-state index >= 15 is 0 Å². The first kappa shape index (κ1) is 25.2. The lowest BCUT2D eigenvalue weighted by molar-refractivity contribution is -0.163. The molecule has 4 saturated carbocycles. The Bertz CT molecular complexity index is 701. The van der Waals surface area contributed by atoms with Crippen molar-refractivity contribution in [3.8, 4) is 0 Å². The van der Waals surface area contributed by atoms with Crippen LogP contribution in [0.2, 0.25) is 0 Å². The summed E-state index contributed by atoms with van der Waals surface area (Å²) in [6.07, 6.45) is 18.9. The van der Waals surface area contributed by atoms with Crippen molar-refractivity contribution in [2.75, 3.05) is 0 Å². The fourth-order valence-electron chi connectivity index (χ4n) is 9.29. The molecule has 0 N–H and O–H groups in total. The van der Waals surface area contributed by atoms with E-state index in [-0.39, 0.29) is 17.5 Å². The van der Waals surface area contributed by atoms with E-state index in [4.69, 9.17) is 4.74 Å². The molecule has 8 atom stereocenters. The van der Waals surface area contributed by atoms with Crippen molar-refractivity contribution in [1.29, 1.82) is 0 Å². The number of carbonyl (C=O) groups excluding carboxylic acids is 2. The molecule has 0 amide bonds. The molecule has 4 aliphatic carbocycles. The minimum atomic E-state index is 0.0439. The summed E-state index contributed by atoms with van der Waals surface area (Å²) in [4.78, 5) is 24.8. The summed E-state index contributed by atoms with van der Waals surface area (Å²) in [6, 6.07) is 0. The highest BCUT2D eigenvalue weighted by Gasteiger charge is 2.60. The molecule has 0 aromatic rings. The fraction of sp³-hybridized carbons (Fsp3) is 0.933. The van der Waals surface area contributed by atoms with Crippen LogP contribution in [0.4, 0.5) is 0 Å². The monoisotopic (exact) mass is 458 g/mol. The van der Waals surface area contributed by atoms with Gasteiger partial charge in [0.2, 0.25) is 0 Å². The molecular weight excluding hydrogens is 408 g/mol. The second kappa shape index (κ2) is 10.4. The van der Waals surface area contributed by atoms with Crippen molar-refractivity contribution in [3.05, 3.63) is 0 Å². The van der Waals surface area contributed by atoms with Gasteiger partial charge in [-0.1, -0.05) is 52.9 Å². The van der Waals surface area contributed by atoms with Crippen LogP contribution in [0, 0.1) is 40.4 Å². The highest BCUT2D eigenvalue weighted by atomic mass is 16.5. The molecule has 188 valence electrons. The first-order valence-electron chi connectivity index (χ1n) is 14.5. The molecule has 4 rings (SSSR count). The molecule has 3 nitrogen and oxygen atoms in total. The van der Waals surface area contributed by atoms with Gasteiger partial charge >= 0.3 is 5.97 Å². The number of hydrogen-bond acceptors (Lipinski definition) is 3. The predicted octanol–water partition coefficient (Wildman–Crippen LogP) is 7.90. The average Bonchev–Trinajstić information content (AvgIpc) is 3.14. The van der Waals surface area contributed by atoms with Crippen molar-refractivity contribution < 1.29 is 14.3 Å². The maximum Gasteiger partial charge on any atom is 0.306 e. The zero-order valence-electron chi connectivity index (χ0n) is 22.0. The summed E-state index contributed by atoms with van der Waals surface area (Å²) in [6.45, 7) is 9.09. The Morgan fingerprint density at radius 2 is 1.52 bits per heavy atom. The van der Waals surface area contributed by atoms with Gasteiger partial charge in [0.15, 0.2) is 0 Å². The molecule has 0 aliphatic heterocycles. The summed E-state index contributed by atoms with van der Waals surface area (Å²) in [5.74, 6) is 3.84. The largest absolute Gasteiger partial charge is 0.462 e. The van der Waals surface area contributed by atoms with Gasteiger partial charge in [-0.25, -0.2) is 0 Å². The predicted molar refractivity (Wildman–Crippen MR) is 134 cm³/mol. The molecule has 0 bridgehead atoms. The van der Waals surface area contributed by atoms with Crippen molar-refractivity contribution in [2.24, 2.45) is 40.4 Å². The number of hydrogen-bond donors (Lipinski definition) is 0. The van der Waals surface area contributed by atoms with E-state index in [1.54, 1.807) is 0 Å². The lowest BCUT2D eigenvalue weighted by Crippen LogP contribution is -2.54. The zero-order chi connectivity index (χ0) is 23.6. The standard InChI is InChI=1S/C30H50O3/c1-5-6-7-8-9-10-11-28(32)33-23-16-18-29(3)22(20-23)12-13-24-26-15-14-25(21(2)31)30(26,4)19-17-27(24)29/h22-27H,5-20H2,1-4H3/t22-,23-,24-,25+,26-,27-,29-,30+/m0/s1. The molecule has 4 fully saturated rings. The van der Waals surface area contributed by atoms with Crippen LogP contribution < -0.4 is 0 Å². The second-order valence-corrected chi connectivity index (χ2v) is 12.8. The van der Waals surface area contributed by atoms with Crippen LogP contribution >= 0.6 is 0 Å². The first-order valence-corrected chi connectivity index (χ1v) is 14.5. The molecule has 0 aromatic heterocycles. The van der Waals surface area contributed by atoms with Gasteiger partial charge in [0.25, 0.3) is 0 Å². The molecule has 33 heavy (non-hydrogen) atoms. The van der Waals surface area contributed by atoms with Crippen molar-refractivity contribution in [1.82, 2.24) is 0 Å². The zero-order valence-corrected chi connectivity index (χ0v) is 22.0. The van der Waals surface area contributed by atoms with E-state index in [2.05, 4.69) is 20.8 Å². The number of ketones is 1. The van der Waals surface area contributed by atoms with Gasteiger partial charge in [-0.2, -0.15) is 0 Å². The number of carbonyl (C=O) groups is 2. The minimum absolute atomic E-state index is 0.0439. The van der Waals surface area contributed by atoms with Gasteiger partial charge in [-0.3, -0.25) is 9.59 Å². The number of esters is 1. The van der Waals surface area contributed by atoms with Gasteiger partial charge in [-0.15, -0.1) is 0 Å². The molecule has 0 spiro atoms. The normalized spacial score (nSPS) is 42.2. The number of fused-ring (bicyclic) bond motifs is 5. The van der Waals surface area contributed by atoms with Gasteiger partial charge in [-0.05, 0) is 106 Å². The third kappa shape index (κ3) is 4.94. The molecular formula is C30H50O3. The quantitative estimate of drug-likeness (QED) is 0.260. The topological polar surface area (TPSA) is 43.4 Å². The summed E-state index contributed by atoms with van der Waals surface area (Å²) < 4.78 is 6.00. The van der Waals surface area contributed by atoms with Crippen LogP contribution in [-0.2, 0) is 14.3 Å². The number of unbranched alkanes of at least 4 members (excludes halogenated alkanes) is 5. The summed E-state index contributed by atoms with van der Waals surface area (Å²) in [7, 11) is 0. The van der Waals surface area contributed by atoms with Crippen molar-refractivity contribution in [3.63, 3.8) is 0 Å². The van der Waals surface area contributed by atoms with E-state index in [1.165, 1.54) is 64.2 Å². The SMILES string of the molecule is CCCCCCCCC(=O)O[C@H]1CC[C@@]2(C)[C@@H](CC[C@@H]3[C@@H]2CC[C@]2(C)[C@@H](C(C)=O)CC[C@@H]32)C1. The van der Waals surface area contributed by atoms with Crippen LogP contribution in [0.3, 0.4) is 0 Å². The van der Waals surface area contributed by atoms with Crippen molar-refractivity contribution in [2.45, 2.75) is 137 Å². The van der Waals surface area contributed by atoms with E-state index in [0.717, 1.165) is 49.9 Å². The molecule has 3 heteroatoms. The minimum Gasteiger partial charge on any atom is -0.462 e. The molecule has 0 saturated heterocycles. The Hall–Kier alpha value is -0.860. The Labute approximate surface area is 203 Å². The van der Waals surface area contributed by atoms with Crippen LogP contribution in [0.1, 0.15) is 130 Å². The molecule has 0 aromatic carbocycles. The molecule has 0 radical (unpaired) electrons. The van der Waals surface area contributed by atoms with Crippen LogP contribution in [0.15, 0.2) is 0 Å². The first-order chi connectivity index (χ1) is 15.8. The van der Waals surface area contributed by atoms with Crippen LogP contribution in [0.25, 0.3) is 0 Å². The Morgan fingerprint density at radius 3 is 2.27 bits per heavy atom. The number of Topliss-reactive ketones (excluding diaryl/α,β-unsaturated/α-hetero) is 1. The van der Waals surface area contributed by atoms with Crippen LogP contribution in [-0.4, -0.2) is 17.9 Å². The maximum atomic E-state index is 12.5. The molecule has 4 aliphatic rings. The average molecular weight is 459 g/mol. The fourth-order valence-corrected chi connectivity index (χ4v) is 9.29. The van der Waals surface area contributed by atoms with Gasteiger partial charge < -0.3 is 4.74 Å². The Balaban J connectivity index is 1.30. The summed E-state index contributed by atoms with van der Waals surface area (Å²) in [5.41, 5.74) is 0.653. The van der Waals surface area contributed by atoms with E-state index in [1.807, 2.05) is 6.92 Å². The second-order valence-electron chi connectivity index (χ2n) is 12.8. The third-order valence-corrected chi connectivity index (χ3v) is 11.1. The molecule has 0 heterocycles. The summed E-state index contributed by atoms with van der Waals surface area (Å²) >= 11 is 0. The van der Waals surface area contributed by atoms with Gasteiger partial charge in [0.1, 0.15) is 11.9 Å². The van der Waals surface area contributed by atoms with E-state index < -0.39 is 0 Å². The van der Waals surface area contributed by atoms with Crippen LogP contribution in [0.5, 0.6) is 0 Å². The highest BCUT2D eigenvalue weighted by Crippen LogP contribution is 2.67. The number of rotatable bonds is 9. The maximum absolute atomic E-state index is 12.5. The lowest BCUT2D eigenvalue weighted by atomic mass is 9.44. The number of ether oxygens (including phenoxy) is 1. The highest BCUT2D eigenvalue weighted by molar-refractivity contribution is 5.79. The Morgan fingerprint density at radius 1 is 0.818 bits per heavy atom. The third-order valence-electron chi connectivity index (χ3n) is 11.1. The van der Waals surface area contributed by atoms with E-state index in [9.17, 15) is 9.59 Å². The smallest absolute Gasteiger partial charge is 0.306 e. The Kier molecular flexibility index (Phi) is 7.96. The van der Waals surface area contributed by atoms with Gasteiger partial charge in [0, 0.05) is 12.3 Å². The lowest BCUT2D eigenvalue weighted by Gasteiger charge is -2.61. The molecule has 0 unspecified atom stereocenters. The van der Waals surface area contributed by atoms with Gasteiger partial charge in [0.05, 0.1) is 0 Å². The van der Waals surface area contributed by atoms with Crippen molar-refractivity contribution >= 4 is 11.8 Å². The van der Waals surface area contributed by atoms with E-state index in [0.29, 0.717) is 29.5 Å². The summed E-state index contributed by atoms with van der Waals surface area (Å²) in [5, 5.41) is 0.